The normalized spacial score (nSPS) is 24.4. The molecule has 2 rings (SSSR count). The summed E-state index contributed by atoms with van der Waals surface area (Å²) >= 11 is 5.61. The summed E-state index contributed by atoms with van der Waals surface area (Å²) in [5.41, 5.74) is 0. The molecule has 1 fully saturated rings. The van der Waals surface area contributed by atoms with Gasteiger partial charge < -0.3 is 10.1 Å². The molecule has 0 aromatic carbocycles. The maximum Gasteiger partial charge on any atom is 0.231 e. The van der Waals surface area contributed by atoms with Gasteiger partial charge in [0.2, 0.25) is 11.2 Å². The van der Waals surface area contributed by atoms with Crippen LogP contribution in [0.3, 0.4) is 0 Å². The summed E-state index contributed by atoms with van der Waals surface area (Å²) in [5, 5.41) is 2.81. The van der Waals surface area contributed by atoms with E-state index in [9.17, 15) is 4.79 Å². The molecule has 0 bridgehead atoms. The molecule has 16 heavy (non-hydrogen) atoms. The highest BCUT2D eigenvalue weighted by Crippen LogP contribution is 2.20. The zero-order valence-electron chi connectivity index (χ0n) is 8.81. The van der Waals surface area contributed by atoms with Gasteiger partial charge in [0.05, 0.1) is 18.6 Å². The summed E-state index contributed by atoms with van der Waals surface area (Å²) in [6.07, 6.45) is 2.38. The third-order valence-electron chi connectivity index (χ3n) is 2.45. The van der Waals surface area contributed by atoms with E-state index >= 15 is 0 Å². The summed E-state index contributed by atoms with van der Waals surface area (Å²) in [6.45, 7) is 2.42. The lowest BCUT2D eigenvalue weighted by molar-refractivity contribution is -0.119. The number of amides is 1. The highest BCUT2D eigenvalue weighted by molar-refractivity contribution is 6.28. The van der Waals surface area contributed by atoms with E-state index in [2.05, 4.69) is 15.3 Å². The largest absolute Gasteiger partial charge is 0.378 e. The molecule has 0 saturated carbocycles. The Kier molecular flexibility index (Phi) is 3.36. The van der Waals surface area contributed by atoms with Crippen LogP contribution in [0.2, 0.25) is 5.28 Å². The summed E-state index contributed by atoms with van der Waals surface area (Å²) in [4.78, 5) is 19.4. The van der Waals surface area contributed by atoms with E-state index in [0.29, 0.717) is 12.4 Å². The Bertz CT molecular complexity index is 399. The minimum Gasteiger partial charge on any atom is -0.378 e. The second-order valence-electron chi connectivity index (χ2n) is 3.78. The molecule has 0 spiro atoms. The highest BCUT2D eigenvalue weighted by Gasteiger charge is 2.28. The Morgan fingerprint density at radius 1 is 1.69 bits per heavy atom. The average molecular weight is 242 g/mol. The van der Waals surface area contributed by atoms with Crippen molar-refractivity contribution < 1.29 is 9.53 Å². The number of aromatic nitrogens is 2. The Hall–Kier alpha value is -1.20. The van der Waals surface area contributed by atoms with E-state index in [1.165, 1.54) is 6.20 Å². The summed E-state index contributed by atoms with van der Waals surface area (Å²) in [7, 11) is 0. The van der Waals surface area contributed by atoms with Crippen LogP contribution >= 0.6 is 11.6 Å². The van der Waals surface area contributed by atoms with Crippen LogP contribution < -0.4 is 5.32 Å². The van der Waals surface area contributed by atoms with Crippen LogP contribution in [0.25, 0.3) is 0 Å². The van der Waals surface area contributed by atoms with Crippen LogP contribution in [0.1, 0.15) is 13.3 Å². The SMILES string of the molecule is CC1CC(C(=O)Nc2ccnc(Cl)n2)CO1. The minimum absolute atomic E-state index is 0.0842. The predicted molar refractivity (Wildman–Crippen MR) is 59.2 cm³/mol. The fourth-order valence-corrected chi connectivity index (χ4v) is 1.78. The lowest BCUT2D eigenvalue weighted by atomic mass is 10.1. The van der Waals surface area contributed by atoms with Crippen LogP contribution in [-0.4, -0.2) is 28.6 Å². The van der Waals surface area contributed by atoms with Gasteiger partial charge in [-0.25, -0.2) is 9.97 Å². The standard InChI is InChI=1S/C10H12ClN3O2/c1-6-4-7(5-16-6)9(15)13-8-2-3-12-10(11)14-8/h2-3,6-7H,4-5H2,1H3,(H,12,13,14,15). The molecule has 2 unspecified atom stereocenters. The molecule has 1 aliphatic heterocycles. The van der Waals surface area contributed by atoms with Crippen molar-refractivity contribution in [1.29, 1.82) is 0 Å². The second kappa shape index (κ2) is 4.76. The van der Waals surface area contributed by atoms with Crippen molar-refractivity contribution >= 4 is 23.3 Å². The number of nitrogens with one attached hydrogen (secondary N) is 1. The number of hydrogen-bond donors (Lipinski definition) is 1. The molecule has 0 aliphatic carbocycles. The Labute approximate surface area is 98.2 Å². The first-order valence-electron chi connectivity index (χ1n) is 5.06. The van der Waals surface area contributed by atoms with E-state index < -0.39 is 0 Å². The molecule has 5 nitrogen and oxygen atoms in total. The van der Waals surface area contributed by atoms with Gasteiger partial charge in [-0.1, -0.05) is 0 Å². The lowest BCUT2D eigenvalue weighted by Gasteiger charge is -2.08. The smallest absolute Gasteiger partial charge is 0.231 e. The van der Waals surface area contributed by atoms with Crippen LogP contribution in [-0.2, 0) is 9.53 Å². The number of halogens is 1. The molecule has 1 N–H and O–H groups in total. The summed E-state index contributed by atoms with van der Waals surface area (Å²) < 4.78 is 5.33. The van der Waals surface area contributed by atoms with Crippen molar-refractivity contribution in [3.05, 3.63) is 17.5 Å². The molecular formula is C10H12ClN3O2. The molecule has 0 radical (unpaired) electrons. The van der Waals surface area contributed by atoms with Gasteiger partial charge in [0.25, 0.3) is 0 Å². The molecule has 1 amide bonds. The highest BCUT2D eigenvalue weighted by atomic mass is 35.5. The van der Waals surface area contributed by atoms with Gasteiger partial charge in [-0.2, -0.15) is 0 Å². The van der Waals surface area contributed by atoms with E-state index in [1.807, 2.05) is 6.92 Å². The zero-order valence-corrected chi connectivity index (χ0v) is 9.57. The average Bonchev–Trinajstić information content (AvgIpc) is 2.65. The van der Waals surface area contributed by atoms with Crippen molar-refractivity contribution in [2.45, 2.75) is 19.4 Å². The van der Waals surface area contributed by atoms with E-state index in [1.54, 1.807) is 6.07 Å². The molecule has 86 valence electrons. The molecule has 1 aliphatic rings. The number of rotatable bonds is 2. The number of anilines is 1. The van der Waals surface area contributed by atoms with Crippen LogP contribution in [0.5, 0.6) is 0 Å². The maximum atomic E-state index is 11.8. The molecule has 1 aromatic heterocycles. The monoisotopic (exact) mass is 241 g/mol. The number of carbonyl (C=O) groups excluding carboxylic acids is 1. The summed E-state index contributed by atoms with van der Waals surface area (Å²) in [6, 6.07) is 1.60. The number of nitrogens with zero attached hydrogens (tertiary/aromatic N) is 2. The van der Waals surface area contributed by atoms with Gasteiger partial charge >= 0.3 is 0 Å². The second-order valence-corrected chi connectivity index (χ2v) is 4.11. The fraction of sp³-hybridized carbons (Fsp3) is 0.500. The number of carbonyl (C=O) groups is 1. The molecule has 2 heterocycles. The molecule has 1 aromatic rings. The fourth-order valence-electron chi connectivity index (χ4n) is 1.63. The molecule has 6 heteroatoms. The first-order valence-corrected chi connectivity index (χ1v) is 5.44. The molecule has 2 atom stereocenters. The van der Waals surface area contributed by atoms with Crippen molar-refractivity contribution in [1.82, 2.24) is 9.97 Å². The topological polar surface area (TPSA) is 64.1 Å². The minimum atomic E-state index is -0.108. The van der Waals surface area contributed by atoms with Gasteiger partial charge in [-0.05, 0) is 31.0 Å². The Balaban J connectivity index is 1.97. The van der Waals surface area contributed by atoms with E-state index in [-0.39, 0.29) is 23.2 Å². The molecular weight excluding hydrogens is 230 g/mol. The lowest BCUT2D eigenvalue weighted by Crippen LogP contribution is -2.23. The third-order valence-corrected chi connectivity index (χ3v) is 2.63. The maximum absolute atomic E-state index is 11.8. The van der Waals surface area contributed by atoms with E-state index in [4.69, 9.17) is 16.3 Å². The van der Waals surface area contributed by atoms with Crippen molar-refractivity contribution in [3.8, 4) is 0 Å². The van der Waals surface area contributed by atoms with E-state index in [0.717, 1.165) is 6.42 Å². The Morgan fingerprint density at radius 3 is 3.12 bits per heavy atom. The van der Waals surface area contributed by atoms with Crippen molar-refractivity contribution in [2.75, 3.05) is 11.9 Å². The summed E-state index contributed by atoms with van der Waals surface area (Å²) in [5.74, 6) is 0.229. The van der Waals surface area contributed by atoms with Gasteiger partial charge in [0, 0.05) is 6.20 Å². The van der Waals surface area contributed by atoms with Crippen LogP contribution in [0.15, 0.2) is 12.3 Å². The first-order chi connectivity index (χ1) is 7.65. The predicted octanol–water partition coefficient (Wildman–Crippen LogP) is 1.49. The quantitative estimate of drug-likeness (QED) is 0.797. The zero-order chi connectivity index (χ0) is 11.5. The van der Waals surface area contributed by atoms with Gasteiger partial charge in [0.15, 0.2) is 0 Å². The van der Waals surface area contributed by atoms with Crippen molar-refractivity contribution in [2.24, 2.45) is 5.92 Å². The van der Waals surface area contributed by atoms with Gasteiger partial charge in [-0.15, -0.1) is 0 Å². The number of ether oxygens (including phenoxy) is 1. The number of hydrogen-bond acceptors (Lipinski definition) is 4. The van der Waals surface area contributed by atoms with Crippen LogP contribution in [0.4, 0.5) is 5.82 Å². The third kappa shape index (κ3) is 2.68. The van der Waals surface area contributed by atoms with Gasteiger partial charge in [0.1, 0.15) is 5.82 Å². The van der Waals surface area contributed by atoms with Crippen molar-refractivity contribution in [3.63, 3.8) is 0 Å². The molecule has 1 saturated heterocycles. The first kappa shape index (κ1) is 11.3. The van der Waals surface area contributed by atoms with Crippen LogP contribution in [0, 0.1) is 5.92 Å². The Morgan fingerprint density at radius 2 is 2.50 bits per heavy atom. The van der Waals surface area contributed by atoms with Gasteiger partial charge in [-0.3, -0.25) is 4.79 Å².